The molecule has 1 aromatic carbocycles. The van der Waals surface area contributed by atoms with Crippen LogP contribution in [0.4, 0.5) is 0 Å². The molecule has 2 heteroatoms. The smallest absolute Gasteiger partial charge is 0.0431 e. The van der Waals surface area contributed by atoms with Crippen molar-refractivity contribution in [3.8, 4) is 0 Å². The Hall–Kier alpha value is -0.860. The first-order valence-corrected chi connectivity index (χ1v) is 5.50. The van der Waals surface area contributed by atoms with Crippen molar-refractivity contribution in [2.24, 2.45) is 5.73 Å². The van der Waals surface area contributed by atoms with Crippen LogP contribution in [0.25, 0.3) is 0 Å². The number of hydrogen-bond acceptors (Lipinski definition) is 2. The highest BCUT2D eigenvalue weighted by Crippen LogP contribution is 2.24. The number of nitrogens with two attached hydrogens (primary N) is 1. The van der Waals surface area contributed by atoms with Crippen LogP contribution in [0.3, 0.4) is 0 Å². The summed E-state index contributed by atoms with van der Waals surface area (Å²) in [5, 5.41) is 8.79. The molecule has 84 valence electrons. The van der Waals surface area contributed by atoms with Crippen LogP contribution in [0.2, 0.25) is 0 Å². The maximum absolute atomic E-state index is 8.79. The molecule has 0 bridgehead atoms. The fourth-order valence-corrected chi connectivity index (χ4v) is 2.23. The van der Waals surface area contributed by atoms with Crippen molar-refractivity contribution in [1.82, 2.24) is 0 Å². The predicted molar refractivity (Wildman–Crippen MR) is 63.9 cm³/mol. The van der Waals surface area contributed by atoms with Gasteiger partial charge in [-0.1, -0.05) is 17.7 Å². The van der Waals surface area contributed by atoms with Crippen LogP contribution in [0.15, 0.2) is 12.1 Å². The molecule has 1 rings (SSSR count). The van der Waals surface area contributed by atoms with Crippen LogP contribution >= 0.6 is 0 Å². The van der Waals surface area contributed by atoms with Gasteiger partial charge in [-0.2, -0.15) is 0 Å². The summed E-state index contributed by atoms with van der Waals surface area (Å²) in [5.41, 5.74) is 11.2. The molecular formula is C13H21NO. The van der Waals surface area contributed by atoms with Crippen molar-refractivity contribution in [3.05, 3.63) is 34.4 Å². The highest BCUT2D eigenvalue weighted by Gasteiger charge is 2.11. The van der Waals surface area contributed by atoms with E-state index in [0.717, 1.165) is 12.8 Å². The number of benzene rings is 1. The lowest BCUT2D eigenvalue weighted by molar-refractivity contribution is 0.280. The summed E-state index contributed by atoms with van der Waals surface area (Å²) in [6, 6.07) is 4.39. The van der Waals surface area contributed by atoms with Gasteiger partial charge in [-0.15, -0.1) is 0 Å². The van der Waals surface area contributed by atoms with Gasteiger partial charge in [-0.3, -0.25) is 0 Å². The zero-order chi connectivity index (χ0) is 11.4. The monoisotopic (exact) mass is 207 g/mol. The first kappa shape index (κ1) is 12.2. The molecule has 0 saturated carbocycles. The number of hydrogen-bond donors (Lipinski definition) is 2. The molecule has 0 amide bonds. The van der Waals surface area contributed by atoms with E-state index in [0.29, 0.717) is 0 Å². The van der Waals surface area contributed by atoms with Gasteiger partial charge in [0.2, 0.25) is 0 Å². The first-order valence-electron chi connectivity index (χ1n) is 5.50. The van der Waals surface area contributed by atoms with E-state index in [9.17, 15) is 0 Å². The Morgan fingerprint density at radius 2 is 1.73 bits per heavy atom. The summed E-state index contributed by atoms with van der Waals surface area (Å²) in [4.78, 5) is 0. The molecule has 0 aliphatic heterocycles. The standard InChI is InChI=1S/C13H21NO/c1-9-7-10(2)13(11(3)8-9)12(14)5-4-6-15/h7-8,12,15H,4-6,14H2,1-3H3/t12-/m1/s1. The zero-order valence-electron chi connectivity index (χ0n) is 9.88. The summed E-state index contributed by atoms with van der Waals surface area (Å²) < 4.78 is 0. The molecule has 1 atom stereocenters. The van der Waals surface area contributed by atoms with E-state index in [4.69, 9.17) is 10.8 Å². The van der Waals surface area contributed by atoms with Crippen molar-refractivity contribution in [3.63, 3.8) is 0 Å². The number of aryl methyl sites for hydroxylation is 3. The van der Waals surface area contributed by atoms with E-state index in [2.05, 4.69) is 32.9 Å². The molecule has 1 aromatic rings. The van der Waals surface area contributed by atoms with Crippen molar-refractivity contribution in [1.29, 1.82) is 0 Å². The lowest BCUT2D eigenvalue weighted by Gasteiger charge is -2.18. The topological polar surface area (TPSA) is 46.2 Å². The van der Waals surface area contributed by atoms with Crippen molar-refractivity contribution in [2.45, 2.75) is 39.7 Å². The van der Waals surface area contributed by atoms with Crippen LogP contribution < -0.4 is 5.73 Å². The minimum absolute atomic E-state index is 0.0535. The summed E-state index contributed by atoms with van der Waals surface area (Å²) in [6.07, 6.45) is 1.62. The van der Waals surface area contributed by atoms with Crippen molar-refractivity contribution in [2.75, 3.05) is 6.61 Å². The second-order valence-corrected chi connectivity index (χ2v) is 4.28. The second kappa shape index (κ2) is 5.29. The summed E-state index contributed by atoms with van der Waals surface area (Å²) in [6.45, 7) is 6.53. The second-order valence-electron chi connectivity index (χ2n) is 4.28. The fraction of sp³-hybridized carbons (Fsp3) is 0.538. The molecule has 0 aliphatic rings. The molecular weight excluding hydrogens is 186 g/mol. The molecule has 0 aromatic heterocycles. The first-order chi connectivity index (χ1) is 7.06. The van der Waals surface area contributed by atoms with Crippen LogP contribution in [-0.2, 0) is 0 Å². The SMILES string of the molecule is Cc1cc(C)c([C@H](N)CCCO)c(C)c1. The lowest BCUT2D eigenvalue weighted by atomic mass is 9.92. The van der Waals surface area contributed by atoms with Gasteiger partial charge in [0.25, 0.3) is 0 Å². The Balaban J connectivity index is 2.92. The average Bonchev–Trinajstić information content (AvgIpc) is 2.12. The summed E-state index contributed by atoms with van der Waals surface area (Å²) >= 11 is 0. The van der Waals surface area contributed by atoms with Gasteiger partial charge in [-0.05, 0) is 50.3 Å². The third-order valence-corrected chi connectivity index (χ3v) is 2.78. The third kappa shape index (κ3) is 3.05. The van der Waals surface area contributed by atoms with Gasteiger partial charge in [0.05, 0.1) is 0 Å². The van der Waals surface area contributed by atoms with Crippen LogP contribution in [0.5, 0.6) is 0 Å². The third-order valence-electron chi connectivity index (χ3n) is 2.78. The molecule has 0 heterocycles. The quantitative estimate of drug-likeness (QED) is 0.796. The van der Waals surface area contributed by atoms with E-state index in [-0.39, 0.29) is 12.6 Å². The molecule has 0 spiro atoms. The molecule has 3 N–H and O–H groups in total. The number of rotatable bonds is 4. The maximum atomic E-state index is 8.79. The Labute approximate surface area is 92.1 Å². The highest BCUT2D eigenvalue weighted by molar-refractivity contribution is 5.39. The average molecular weight is 207 g/mol. The van der Waals surface area contributed by atoms with E-state index in [1.165, 1.54) is 22.3 Å². The van der Waals surface area contributed by atoms with E-state index < -0.39 is 0 Å². The lowest BCUT2D eigenvalue weighted by Crippen LogP contribution is -2.14. The number of aliphatic hydroxyl groups is 1. The van der Waals surface area contributed by atoms with Gasteiger partial charge in [0.1, 0.15) is 0 Å². The summed E-state index contributed by atoms with van der Waals surface area (Å²) in [5.74, 6) is 0. The normalized spacial score (nSPS) is 12.9. The Morgan fingerprint density at radius 1 is 1.20 bits per heavy atom. The van der Waals surface area contributed by atoms with E-state index in [1.807, 2.05) is 0 Å². The highest BCUT2D eigenvalue weighted by atomic mass is 16.2. The van der Waals surface area contributed by atoms with Crippen LogP contribution in [0.1, 0.15) is 41.1 Å². The van der Waals surface area contributed by atoms with Gasteiger partial charge >= 0.3 is 0 Å². The molecule has 15 heavy (non-hydrogen) atoms. The Bertz CT molecular complexity index is 310. The predicted octanol–water partition coefficient (Wildman–Crippen LogP) is 2.38. The minimum Gasteiger partial charge on any atom is -0.396 e. The molecule has 0 unspecified atom stereocenters. The van der Waals surface area contributed by atoms with Gasteiger partial charge in [-0.25, -0.2) is 0 Å². The molecule has 0 fully saturated rings. The molecule has 0 saturated heterocycles. The molecule has 0 radical (unpaired) electrons. The van der Waals surface area contributed by atoms with Crippen molar-refractivity contribution >= 4 is 0 Å². The van der Waals surface area contributed by atoms with Gasteiger partial charge in [0, 0.05) is 12.6 Å². The van der Waals surface area contributed by atoms with Gasteiger partial charge in [0.15, 0.2) is 0 Å². The minimum atomic E-state index is 0.0535. The molecule has 2 nitrogen and oxygen atoms in total. The van der Waals surface area contributed by atoms with E-state index in [1.54, 1.807) is 0 Å². The van der Waals surface area contributed by atoms with Crippen LogP contribution in [0, 0.1) is 20.8 Å². The summed E-state index contributed by atoms with van der Waals surface area (Å²) in [7, 11) is 0. The number of aliphatic hydroxyl groups excluding tert-OH is 1. The Kier molecular flexibility index (Phi) is 4.30. The van der Waals surface area contributed by atoms with Crippen molar-refractivity contribution < 1.29 is 5.11 Å². The van der Waals surface area contributed by atoms with Crippen LogP contribution in [-0.4, -0.2) is 11.7 Å². The Morgan fingerprint density at radius 3 is 2.20 bits per heavy atom. The fourth-order valence-electron chi connectivity index (χ4n) is 2.23. The largest absolute Gasteiger partial charge is 0.396 e. The maximum Gasteiger partial charge on any atom is 0.0431 e. The van der Waals surface area contributed by atoms with E-state index >= 15 is 0 Å². The zero-order valence-corrected chi connectivity index (χ0v) is 9.88. The molecule has 0 aliphatic carbocycles. The van der Waals surface area contributed by atoms with Gasteiger partial charge < -0.3 is 10.8 Å².